The average molecular weight is 290 g/mol. The molecule has 0 radical (unpaired) electrons. The molecule has 2 rings (SSSR count). The predicted octanol–water partition coefficient (Wildman–Crippen LogP) is 2.96. The highest BCUT2D eigenvalue weighted by Gasteiger charge is 2.36. The first-order chi connectivity index (χ1) is 9.38. The summed E-state index contributed by atoms with van der Waals surface area (Å²) >= 11 is 0. The van der Waals surface area contributed by atoms with E-state index < -0.39 is 29.4 Å². The number of carboxylic acid groups (broad SMARTS) is 1. The quantitative estimate of drug-likeness (QED) is 0.930. The number of carbonyl (C=O) groups is 1. The van der Waals surface area contributed by atoms with Gasteiger partial charge in [0.25, 0.3) is 0 Å². The van der Waals surface area contributed by atoms with Crippen molar-refractivity contribution in [2.24, 2.45) is 0 Å². The zero-order valence-electron chi connectivity index (χ0n) is 10.4. The molecular formula is C13H13F3O4. The molecule has 1 aliphatic heterocycles. The van der Waals surface area contributed by atoms with Gasteiger partial charge in [0.2, 0.25) is 0 Å². The fourth-order valence-corrected chi connectivity index (χ4v) is 1.97. The van der Waals surface area contributed by atoms with Crippen LogP contribution in [0.15, 0.2) is 18.2 Å². The number of hydrogen-bond acceptors (Lipinski definition) is 3. The number of carboxylic acids is 1. The van der Waals surface area contributed by atoms with Crippen molar-refractivity contribution in [3.8, 4) is 5.75 Å². The van der Waals surface area contributed by atoms with E-state index in [4.69, 9.17) is 14.6 Å². The molecule has 20 heavy (non-hydrogen) atoms. The smallest absolute Gasteiger partial charge is 0.419 e. The molecule has 1 unspecified atom stereocenters. The highest BCUT2D eigenvalue weighted by atomic mass is 19.4. The van der Waals surface area contributed by atoms with Crippen LogP contribution in [0, 0.1) is 0 Å². The second kappa shape index (κ2) is 5.70. The molecule has 1 atom stereocenters. The Balaban J connectivity index is 2.28. The van der Waals surface area contributed by atoms with Crippen LogP contribution in [-0.4, -0.2) is 30.4 Å². The van der Waals surface area contributed by atoms with Crippen LogP contribution < -0.4 is 4.74 Å². The first-order valence-electron chi connectivity index (χ1n) is 6.07. The molecule has 0 aliphatic carbocycles. The van der Waals surface area contributed by atoms with Crippen molar-refractivity contribution in [2.75, 3.05) is 13.2 Å². The van der Waals surface area contributed by atoms with Gasteiger partial charge in [-0.1, -0.05) is 0 Å². The Labute approximate surface area is 113 Å². The highest BCUT2D eigenvalue weighted by molar-refractivity contribution is 5.88. The van der Waals surface area contributed by atoms with Crippen molar-refractivity contribution in [2.45, 2.75) is 25.1 Å². The van der Waals surface area contributed by atoms with E-state index in [0.717, 1.165) is 18.6 Å². The molecule has 1 fully saturated rings. The Hall–Kier alpha value is -1.76. The Morgan fingerprint density at radius 2 is 2.15 bits per heavy atom. The lowest BCUT2D eigenvalue weighted by Crippen LogP contribution is -2.29. The van der Waals surface area contributed by atoms with E-state index in [9.17, 15) is 18.0 Å². The Kier molecular flexibility index (Phi) is 4.17. The number of ether oxygens (including phenoxy) is 2. The number of aromatic carboxylic acids is 1. The molecule has 4 nitrogen and oxygen atoms in total. The van der Waals surface area contributed by atoms with Gasteiger partial charge in [-0.05, 0) is 31.0 Å². The number of halogens is 3. The van der Waals surface area contributed by atoms with Crippen LogP contribution in [0.25, 0.3) is 0 Å². The summed E-state index contributed by atoms with van der Waals surface area (Å²) in [5.41, 5.74) is -1.51. The molecule has 0 bridgehead atoms. The molecule has 1 N–H and O–H groups in total. The van der Waals surface area contributed by atoms with Crippen molar-refractivity contribution in [1.29, 1.82) is 0 Å². The summed E-state index contributed by atoms with van der Waals surface area (Å²) in [4.78, 5) is 10.8. The minimum absolute atomic E-state index is 0.234. The van der Waals surface area contributed by atoms with E-state index in [-0.39, 0.29) is 12.4 Å². The summed E-state index contributed by atoms with van der Waals surface area (Å²) in [6, 6.07) is 2.72. The second-order valence-corrected chi connectivity index (χ2v) is 4.47. The van der Waals surface area contributed by atoms with Crippen molar-refractivity contribution in [3.63, 3.8) is 0 Å². The molecular weight excluding hydrogens is 277 g/mol. The second-order valence-electron chi connectivity index (χ2n) is 4.47. The Morgan fingerprint density at radius 1 is 1.40 bits per heavy atom. The normalized spacial score (nSPS) is 19.6. The van der Waals surface area contributed by atoms with E-state index >= 15 is 0 Å². The van der Waals surface area contributed by atoms with Crippen molar-refractivity contribution in [3.05, 3.63) is 29.3 Å². The fourth-order valence-electron chi connectivity index (χ4n) is 1.97. The van der Waals surface area contributed by atoms with E-state index in [1.54, 1.807) is 0 Å². The van der Waals surface area contributed by atoms with Crippen LogP contribution in [-0.2, 0) is 10.9 Å². The molecule has 0 amide bonds. The van der Waals surface area contributed by atoms with Gasteiger partial charge in [0.1, 0.15) is 11.9 Å². The van der Waals surface area contributed by atoms with Gasteiger partial charge < -0.3 is 14.6 Å². The SMILES string of the molecule is O=C(O)c1ccc(OC2CCCOC2)c(C(F)(F)F)c1. The third kappa shape index (κ3) is 3.41. The predicted molar refractivity (Wildman–Crippen MR) is 62.9 cm³/mol. The monoisotopic (exact) mass is 290 g/mol. The zero-order valence-corrected chi connectivity index (χ0v) is 10.4. The standard InChI is InChI=1S/C13H13F3O4/c14-13(15,16)10-6-8(12(17)18)3-4-11(10)20-9-2-1-5-19-7-9/h3-4,6,9H,1-2,5,7H2,(H,17,18). The molecule has 1 aromatic rings. The van der Waals surface area contributed by atoms with E-state index in [0.29, 0.717) is 19.1 Å². The first-order valence-corrected chi connectivity index (χ1v) is 6.07. The molecule has 1 aromatic carbocycles. The summed E-state index contributed by atoms with van der Waals surface area (Å²) in [5.74, 6) is -1.78. The maximum Gasteiger partial charge on any atom is 0.419 e. The zero-order chi connectivity index (χ0) is 14.8. The van der Waals surface area contributed by atoms with Crippen LogP contribution in [0.5, 0.6) is 5.75 Å². The average Bonchev–Trinajstić information content (AvgIpc) is 2.39. The molecule has 0 spiro atoms. The third-order valence-corrected chi connectivity index (χ3v) is 2.94. The minimum atomic E-state index is -4.67. The maximum absolute atomic E-state index is 12.9. The fraction of sp³-hybridized carbons (Fsp3) is 0.462. The summed E-state index contributed by atoms with van der Waals surface area (Å²) in [7, 11) is 0. The van der Waals surface area contributed by atoms with Crippen molar-refractivity contribution < 1.29 is 32.5 Å². The summed E-state index contributed by atoms with van der Waals surface area (Å²) in [6.07, 6.45) is -3.78. The summed E-state index contributed by atoms with van der Waals surface area (Å²) in [6.45, 7) is 0.807. The molecule has 1 heterocycles. The van der Waals surface area contributed by atoms with Crippen LogP contribution in [0.4, 0.5) is 13.2 Å². The summed E-state index contributed by atoms with van der Waals surface area (Å²) < 4.78 is 49.3. The van der Waals surface area contributed by atoms with Crippen LogP contribution in [0.2, 0.25) is 0 Å². The van der Waals surface area contributed by atoms with Crippen LogP contribution in [0.1, 0.15) is 28.8 Å². The van der Waals surface area contributed by atoms with E-state index in [1.165, 1.54) is 0 Å². The largest absolute Gasteiger partial charge is 0.487 e. The van der Waals surface area contributed by atoms with E-state index in [1.807, 2.05) is 0 Å². The van der Waals surface area contributed by atoms with Gasteiger partial charge in [0, 0.05) is 6.61 Å². The molecule has 0 aromatic heterocycles. The van der Waals surface area contributed by atoms with E-state index in [2.05, 4.69) is 0 Å². The number of benzene rings is 1. The van der Waals surface area contributed by atoms with Gasteiger partial charge in [-0.3, -0.25) is 0 Å². The third-order valence-electron chi connectivity index (χ3n) is 2.94. The number of rotatable bonds is 3. The maximum atomic E-state index is 12.9. The van der Waals surface area contributed by atoms with Crippen LogP contribution in [0.3, 0.4) is 0 Å². The van der Waals surface area contributed by atoms with Gasteiger partial charge in [-0.25, -0.2) is 4.79 Å². The topological polar surface area (TPSA) is 55.8 Å². The lowest BCUT2D eigenvalue weighted by molar-refractivity contribution is -0.139. The van der Waals surface area contributed by atoms with Gasteiger partial charge >= 0.3 is 12.1 Å². The number of alkyl halides is 3. The Morgan fingerprint density at radius 3 is 2.70 bits per heavy atom. The van der Waals surface area contributed by atoms with Gasteiger partial charge in [-0.2, -0.15) is 13.2 Å². The molecule has 1 aliphatic rings. The van der Waals surface area contributed by atoms with Crippen molar-refractivity contribution >= 4 is 5.97 Å². The van der Waals surface area contributed by atoms with Crippen molar-refractivity contribution in [1.82, 2.24) is 0 Å². The minimum Gasteiger partial charge on any atom is -0.487 e. The lowest BCUT2D eigenvalue weighted by atomic mass is 10.1. The first kappa shape index (κ1) is 14.6. The highest BCUT2D eigenvalue weighted by Crippen LogP contribution is 2.37. The van der Waals surface area contributed by atoms with Gasteiger partial charge in [0.15, 0.2) is 0 Å². The van der Waals surface area contributed by atoms with Gasteiger partial charge in [0.05, 0.1) is 17.7 Å². The van der Waals surface area contributed by atoms with Gasteiger partial charge in [-0.15, -0.1) is 0 Å². The molecule has 0 saturated carbocycles. The Bertz CT molecular complexity index is 493. The summed E-state index contributed by atoms with van der Waals surface area (Å²) in [5, 5.41) is 8.76. The van der Waals surface area contributed by atoms with Crippen LogP contribution >= 0.6 is 0 Å². The molecule has 1 saturated heterocycles. The number of hydrogen-bond donors (Lipinski definition) is 1. The molecule has 7 heteroatoms. The molecule has 110 valence electrons. The lowest BCUT2D eigenvalue weighted by Gasteiger charge is -2.25.